The van der Waals surface area contributed by atoms with Gasteiger partial charge in [-0.05, 0) is 36.1 Å². The molecule has 1 saturated carbocycles. The Kier molecular flexibility index (Phi) is 5.85. The highest BCUT2D eigenvalue weighted by Gasteiger charge is 2.63. The number of nitrogens with zero attached hydrogens (tertiary/aromatic N) is 1. The Bertz CT molecular complexity index is 1280. The highest BCUT2D eigenvalue weighted by atomic mass is 32.2. The maximum atomic E-state index is 12.9. The van der Waals surface area contributed by atoms with Gasteiger partial charge in [-0.15, -0.1) is 11.3 Å². The van der Waals surface area contributed by atoms with E-state index in [1.54, 1.807) is 24.3 Å². The van der Waals surface area contributed by atoms with Gasteiger partial charge in [-0.1, -0.05) is 29.4 Å². The van der Waals surface area contributed by atoms with Crippen LogP contribution in [0.3, 0.4) is 0 Å². The van der Waals surface area contributed by atoms with Gasteiger partial charge >= 0.3 is 12.1 Å². The van der Waals surface area contributed by atoms with Gasteiger partial charge < -0.3 is 14.7 Å². The van der Waals surface area contributed by atoms with E-state index >= 15 is 0 Å². The minimum Gasteiger partial charge on any atom is -0.480 e. The molecule has 0 spiro atoms. The molecule has 33 heavy (non-hydrogen) atoms. The molecular weight excluding hydrogens is 485 g/mol. The van der Waals surface area contributed by atoms with Crippen LogP contribution in [-0.4, -0.2) is 41.9 Å². The molecule has 2 heterocycles. The maximum absolute atomic E-state index is 12.9. The van der Waals surface area contributed by atoms with Crippen LogP contribution >= 0.6 is 11.3 Å². The van der Waals surface area contributed by atoms with Crippen molar-refractivity contribution >= 4 is 27.3 Å². The van der Waals surface area contributed by atoms with Crippen molar-refractivity contribution in [3.8, 4) is 10.6 Å². The van der Waals surface area contributed by atoms with Gasteiger partial charge in [0.15, 0.2) is 0 Å². The predicted octanol–water partition coefficient (Wildman–Crippen LogP) is 3.25. The van der Waals surface area contributed by atoms with Gasteiger partial charge in [0.2, 0.25) is 5.76 Å². The van der Waals surface area contributed by atoms with Gasteiger partial charge in [-0.3, -0.25) is 4.79 Å². The van der Waals surface area contributed by atoms with Crippen LogP contribution in [0.25, 0.3) is 10.6 Å². The summed E-state index contributed by atoms with van der Waals surface area (Å²) in [6.07, 6.45) is -4.25. The number of hydrogen-bond donors (Lipinski definition) is 3. The van der Waals surface area contributed by atoms with E-state index in [1.165, 1.54) is 12.1 Å². The number of halogens is 3. The Balaban J connectivity index is 1.55. The second-order valence-corrected chi connectivity index (χ2v) is 10.5. The van der Waals surface area contributed by atoms with E-state index in [-0.39, 0.29) is 27.8 Å². The van der Waals surface area contributed by atoms with Gasteiger partial charge in [0.1, 0.15) is 15.4 Å². The molecule has 2 aromatic heterocycles. The topological polar surface area (TPSA) is 130 Å². The van der Waals surface area contributed by atoms with Crippen LogP contribution in [0, 0.1) is 0 Å². The molecular formula is C20H17F3N2O6S2. The number of carbonyl (C=O) groups is 1. The number of sulfonamides is 1. The molecule has 1 aliphatic rings. The van der Waals surface area contributed by atoms with E-state index in [9.17, 15) is 31.5 Å². The summed E-state index contributed by atoms with van der Waals surface area (Å²) in [5.74, 6) is -3.25. The summed E-state index contributed by atoms with van der Waals surface area (Å²) in [4.78, 5) is 12.1. The summed E-state index contributed by atoms with van der Waals surface area (Å²) in [7, 11) is -4.29. The predicted molar refractivity (Wildman–Crippen MR) is 110 cm³/mol. The summed E-state index contributed by atoms with van der Waals surface area (Å²) in [5.41, 5.74) is -0.431. The lowest BCUT2D eigenvalue weighted by molar-refractivity contribution is -0.155. The van der Waals surface area contributed by atoms with Crippen molar-refractivity contribution in [2.24, 2.45) is 0 Å². The molecule has 1 fully saturated rings. The molecule has 1 aliphatic carbocycles. The van der Waals surface area contributed by atoms with Crippen LogP contribution in [0.2, 0.25) is 0 Å². The maximum Gasteiger partial charge on any atom is 0.452 e. The molecule has 2 atom stereocenters. The number of carboxylic acids is 1. The molecule has 0 amide bonds. The summed E-state index contributed by atoms with van der Waals surface area (Å²) in [5, 5.41) is 22.1. The number of carboxylic acid groups (broad SMARTS) is 1. The number of aliphatic hydroxyl groups excluding tert-OH is 1. The minimum atomic E-state index is -4.73. The van der Waals surface area contributed by atoms with Gasteiger partial charge in [0, 0.05) is 18.6 Å². The van der Waals surface area contributed by atoms with Crippen molar-refractivity contribution in [1.82, 2.24) is 9.88 Å². The standard InChI is InChI=1S/C20H17F3N2O6S2/c21-20(22,23)16-9-14(24-31-16)15-5-6-17(32-15)33(29,30)25-19(18(27)28)10-13(19)12-3-1-11(2-4-12)7-8-26/h1-6,9,13,25-26H,7-8,10H2,(H,27,28)/t13-,19+/m0/s1. The lowest BCUT2D eigenvalue weighted by Crippen LogP contribution is -2.44. The fourth-order valence-electron chi connectivity index (χ4n) is 3.52. The third-order valence-corrected chi connectivity index (χ3v) is 8.44. The average Bonchev–Trinajstić information content (AvgIpc) is 3.12. The van der Waals surface area contributed by atoms with Gasteiger partial charge in [-0.2, -0.15) is 17.9 Å². The molecule has 8 nitrogen and oxygen atoms in total. The second kappa shape index (κ2) is 8.24. The highest BCUT2D eigenvalue weighted by Crippen LogP contribution is 2.52. The fourth-order valence-corrected chi connectivity index (χ4v) is 6.18. The van der Waals surface area contributed by atoms with Crippen molar-refractivity contribution in [2.45, 2.75) is 34.7 Å². The lowest BCUT2D eigenvalue weighted by Gasteiger charge is -2.15. The first-order valence-electron chi connectivity index (χ1n) is 9.57. The molecule has 13 heteroatoms. The first-order valence-corrected chi connectivity index (χ1v) is 11.9. The van der Waals surface area contributed by atoms with Crippen LogP contribution < -0.4 is 4.72 Å². The van der Waals surface area contributed by atoms with Gasteiger partial charge in [0.05, 0.1) is 4.88 Å². The number of alkyl halides is 3. The van der Waals surface area contributed by atoms with E-state index in [1.807, 2.05) is 0 Å². The first-order chi connectivity index (χ1) is 15.5. The molecule has 3 aromatic rings. The largest absolute Gasteiger partial charge is 0.480 e. The zero-order valence-electron chi connectivity index (χ0n) is 16.7. The molecule has 0 aliphatic heterocycles. The van der Waals surface area contributed by atoms with Crippen molar-refractivity contribution in [3.05, 3.63) is 59.4 Å². The summed E-state index contributed by atoms with van der Waals surface area (Å²) < 4.78 is 70.2. The van der Waals surface area contributed by atoms with Gasteiger partial charge in [0.25, 0.3) is 10.0 Å². The number of aromatic nitrogens is 1. The number of hydrogen-bond acceptors (Lipinski definition) is 7. The SMILES string of the molecule is O=C(O)[C@@]1(NS(=O)(=O)c2ccc(-c3cc(C(F)(F)F)on3)s2)C[C@H]1c1ccc(CCO)cc1. The lowest BCUT2D eigenvalue weighted by atomic mass is 10.0. The van der Waals surface area contributed by atoms with Crippen LogP contribution in [-0.2, 0) is 27.4 Å². The molecule has 3 N–H and O–H groups in total. The number of thiophene rings is 1. The first kappa shape index (κ1) is 23.4. The van der Waals surface area contributed by atoms with E-state index < -0.39 is 39.4 Å². The zero-order valence-corrected chi connectivity index (χ0v) is 18.3. The molecule has 0 saturated heterocycles. The number of nitrogens with one attached hydrogen (secondary N) is 1. The number of aliphatic carboxylic acids is 1. The Morgan fingerprint density at radius 1 is 1.24 bits per heavy atom. The van der Waals surface area contributed by atoms with E-state index in [2.05, 4.69) is 14.4 Å². The third kappa shape index (κ3) is 4.53. The van der Waals surface area contributed by atoms with Crippen molar-refractivity contribution in [1.29, 1.82) is 0 Å². The summed E-state index contributed by atoms with van der Waals surface area (Å²) in [6, 6.07) is 9.97. The van der Waals surface area contributed by atoms with Crippen LogP contribution in [0.4, 0.5) is 13.2 Å². The number of benzene rings is 1. The Morgan fingerprint density at radius 2 is 1.94 bits per heavy atom. The highest BCUT2D eigenvalue weighted by molar-refractivity contribution is 7.91. The molecule has 176 valence electrons. The summed E-state index contributed by atoms with van der Waals surface area (Å²) >= 11 is 0.645. The monoisotopic (exact) mass is 502 g/mol. The van der Waals surface area contributed by atoms with Crippen molar-refractivity contribution < 1.29 is 41.1 Å². The molecule has 0 radical (unpaired) electrons. The van der Waals surface area contributed by atoms with E-state index in [0.717, 1.165) is 5.56 Å². The molecule has 0 unspecified atom stereocenters. The minimum absolute atomic E-state index is 0.0315. The van der Waals surface area contributed by atoms with Crippen LogP contribution in [0.15, 0.2) is 51.2 Å². The average molecular weight is 502 g/mol. The van der Waals surface area contributed by atoms with E-state index in [4.69, 9.17) is 5.11 Å². The number of rotatable bonds is 8. The zero-order chi connectivity index (χ0) is 24.0. The summed E-state index contributed by atoms with van der Waals surface area (Å²) in [6.45, 7) is -0.0315. The molecule has 1 aromatic carbocycles. The Morgan fingerprint density at radius 3 is 2.52 bits per heavy atom. The third-order valence-electron chi connectivity index (χ3n) is 5.33. The van der Waals surface area contributed by atoms with Gasteiger partial charge in [-0.25, -0.2) is 8.42 Å². The normalized spacial score (nSPS) is 20.7. The second-order valence-electron chi connectivity index (χ2n) is 7.55. The van der Waals surface area contributed by atoms with E-state index in [0.29, 0.717) is 29.4 Å². The number of aliphatic hydroxyl groups is 1. The smallest absolute Gasteiger partial charge is 0.452 e. The molecule has 0 bridgehead atoms. The molecule has 4 rings (SSSR count). The van der Waals surface area contributed by atoms with Crippen LogP contribution in [0.5, 0.6) is 0 Å². The Labute approximate surface area is 189 Å². The quantitative estimate of drug-likeness (QED) is 0.431. The van der Waals surface area contributed by atoms with Crippen molar-refractivity contribution in [2.75, 3.05) is 6.61 Å². The fraction of sp³-hybridized carbons (Fsp3) is 0.300. The van der Waals surface area contributed by atoms with Crippen LogP contribution in [0.1, 0.15) is 29.2 Å². The van der Waals surface area contributed by atoms with Crippen molar-refractivity contribution in [3.63, 3.8) is 0 Å². The Hall–Kier alpha value is -2.74.